The van der Waals surface area contributed by atoms with E-state index in [1.165, 1.54) is 177 Å². The number of nitrogens with zero attached hydrogens (tertiary/aromatic N) is 4. The first-order valence-corrected chi connectivity index (χ1v) is 42.3. The molecule has 0 bridgehead atoms. The SMILES string of the molecule is CCCCC1(CCCC)c2ccccc2-c2ccc(-c3cc(-c4ccc(N(c5ccc(-c6cc(-c7ccc8c(c7)C(CCCC)(CCCC)c7ccccc7-8)c7ccccc7n6)cc5)c5ccc(-c6cc(-c7ccc8c(c7)C(CCCC)(CCCC)c7ccccc7-8)c7ccccc7n6)cc5)cc4)nc4ccccc34)cc21. The van der Waals surface area contributed by atoms with Gasteiger partial charge < -0.3 is 4.90 Å². The summed E-state index contributed by atoms with van der Waals surface area (Å²) in [5, 5.41) is 3.49. The third-order valence-corrected chi connectivity index (χ3v) is 25.9. The van der Waals surface area contributed by atoms with Crippen LogP contribution in [0.15, 0.2) is 291 Å². The molecular formula is C108H102N4. The summed E-state index contributed by atoms with van der Waals surface area (Å²) < 4.78 is 0. The van der Waals surface area contributed by atoms with Gasteiger partial charge in [0.1, 0.15) is 0 Å². The average Bonchev–Trinajstić information content (AvgIpc) is 1.58. The fraction of sp³-hybridized carbons (Fsp3) is 0.250. The number of pyridine rings is 3. The quantitative estimate of drug-likeness (QED) is 0.0515. The highest BCUT2D eigenvalue weighted by Crippen LogP contribution is 2.59. The van der Waals surface area contributed by atoms with Crippen LogP contribution in [0.2, 0.25) is 0 Å². The zero-order chi connectivity index (χ0) is 75.9. The number of anilines is 3. The largest absolute Gasteiger partial charge is 0.311 e. The van der Waals surface area contributed by atoms with Gasteiger partial charge in [0, 0.05) is 66.2 Å². The molecule has 3 aliphatic rings. The molecule has 0 saturated heterocycles. The second kappa shape index (κ2) is 30.7. The van der Waals surface area contributed by atoms with Crippen molar-refractivity contribution in [2.24, 2.45) is 0 Å². The summed E-state index contributed by atoms with van der Waals surface area (Å²) in [6.07, 6.45) is 21.1. The highest BCUT2D eigenvalue weighted by atomic mass is 15.1. The maximum atomic E-state index is 5.48. The van der Waals surface area contributed by atoms with E-state index in [2.05, 4.69) is 338 Å². The molecule has 18 rings (SSSR count). The molecule has 0 radical (unpaired) electrons. The summed E-state index contributed by atoms with van der Waals surface area (Å²) in [6, 6.07) is 110. The minimum atomic E-state index is -0.0180. The smallest absolute Gasteiger partial charge is 0.0715 e. The Balaban J connectivity index is 0.736. The van der Waals surface area contributed by atoms with E-state index < -0.39 is 0 Å². The van der Waals surface area contributed by atoms with Crippen LogP contribution in [0.1, 0.15) is 190 Å². The number of unbranched alkanes of at least 4 members (excludes halogenated alkanes) is 6. The van der Waals surface area contributed by atoms with Gasteiger partial charge in [-0.3, -0.25) is 0 Å². The summed E-state index contributed by atoms with van der Waals surface area (Å²) in [5.74, 6) is 0. The molecular weight excluding hydrogens is 1350 g/mol. The summed E-state index contributed by atoms with van der Waals surface area (Å²) in [4.78, 5) is 18.8. The van der Waals surface area contributed by atoms with Crippen LogP contribution in [-0.2, 0) is 16.2 Å². The van der Waals surface area contributed by atoms with Crippen molar-refractivity contribution in [3.63, 3.8) is 0 Å². The Bertz CT molecular complexity index is 5390. The molecule has 554 valence electrons. The van der Waals surface area contributed by atoms with Gasteiger partial charge in [-0.15, -0.1) is 0 Å². The van der Waals surface area contributed by atoms with E-state index in [1.54, 1.807) is 0 Å². The third-order valence-electron chi connectivity index (χ3n) is 25.9. The van der Waals surface area contributed by atoms with Crippen molar-refractivity contribution in [3.8, 4) is 101 Å². The molecule has 112 heavy (non-hydrogen) atoms. The van der Waals surface area contributed by atoms with Crippen molar-refractivity contribution in [2.45, 2.75) is 173 Å². The van der Waals surface area contributed by atoms with Crippen molar-refractivity contribution in [2.75, 3.05) is 4.90 Å². The van der Waals surface area contributed by atoms with Gasteiger partial charge in [-0.05, 0) is 230 Å². The number of rotatable bonds is 27. The maximum absolute atomic E-state index is 5.48. The minimum absolute atomic E-state index is 0.0180. The number of benzene rings is 12. The van der Waals surface area contributed by atoms with Gasteiger partial charge in [0.25, 0.3) is 0 Å². The zero-order valence-electron chi connectivity index (χ0n) is 66.2. The van der Waals surface area contributed by atoms with E-state index in [9.17, 15) is 0 Å². The summed E-state index contributed by atoms with van der Waals surface area (Å²) in [6.45, 7) is 14.0. The van der Waals surface area contributed by atoms with E-state index >= 15 is 0 Å². The normalized spacial score (nSPS) is 13.8. The molecule has 0 aliphatic heterocycles. The number of hydrogen-bond donors (Lipinski definition) is 0. The Hall–Kier alpha value is -11.3. The minimum Gasteiger partial charge on any atom is -0.311 e. The van der Waals surface area contributed by atoms with Crippen LogP contribution in [0, 0.1) is 0 Å². The lowest BCUT2D eigenvalue weighted by atomic mass is 9.70. The molecule has 4 nitrogen and oxygen atoms in total. The highest BCUT2D eigenvalue weighted by Gasteiger charge is 2.45. The number of aromatic nitrogens is 3. The van der Waals surface area contributed by atoms with E-state index in [1.807, 2.05) is 0 Å². The van der Waals surface area contributed by atoms with Gasteiger partial charge in [0.15, 0.2) is 0 Å². The van der Waals surface area contributed by atoms with Gasteiger partial charge in [-0.2, -0.15) is 0 Å². The van der Waals surface area contributed by atoms with Crippen molar-refractivity contribution in [3.05, 3.63) is 325 Å². The monoisotopic (exact) mass is 1450 g/mol. The molecule has 12 aromatic carbocycles. The van der Waals surface area contributed by atoms with Gasteiger partial charge in [0.2, 0.25) is 0 Å². The lowest BCUT2D eigenvalue weighted by Crippen LogP contribution is -2.25. The van der Waals surface area contributed by atoms with Crippen LogP contribution in [0.25, 0.3) is 133 Å². The van der Waals surface area contributed by atoms with Crippen molar-refractivity contribution in [1.82, 2.24) is 15.0 Å². The molecule has 3 aliphatic carbocycles. The van der Waals surface area contributed by atoms with Crippen LogP contribution in [0.5, 0.6) is 0 Å². The van der Waals surface area contributed by atoms with Crippen molar-refractivity contribution >= 4 is 49.8 Å². The number of hydrogen-bond acceptors (Lipinski definition) is 4. The van der Waals surface area contributed by atoms with Crippen LogP contribution in [0.4, 0.5) is 17.1 Å². The van der Waals surface area contributed by atoms with E-state index in [0.29, 0.717) is 0 Å². The second-order valence-corrected chi connectivity index (χ2v) is 32.5. The predicted octanol–water partition coefficient (Wildman–Crippen LogP) is 30.7. The highest BCUT2D eigenvalue weighted by molar-refractivity contribution is 6.02. The molecule has 0 unspecified atom stereocenters. The molecule has 0 saturated carbocycles. The van der Waals surface area contributed by atoms with Gasteiger partial charge >= 0.3 is 0 Å². The fourth-order valence-electron chi connectivity index (χ4n) is 20.2. The Kier molecular flexibility index (Phi) is 19.8. The van der Waals surface area contributed by atoms with Crippen LogP contribution in [0.3, 0.4) is 0 Å². The molecule has 0 atom stereocenters. The lowest BCUT2D eigenvalue weighted by molar-refractivity contribution is 0.414. The first kappa shape index (κ1) is 72.2. The van der Waals surface area contributed by atoms with Gasteiger partial charge in [-0.1, -0.05) is 319 Å². The molecule has 15 aromatic rings. The summed E-state index contributed by atoms with van der Waals surface area (Å²) in [7, 11) is 0. The van der Waals surface area contributed by atoms with E-state index in [4.69, 9.17) is 15.0 Å². The number of para-hydroxylation sites is 3. The maximum Gasteiger partial charge on any atom is 0.0715 e. The summed E-state index contributed by atoms with van der Waals surface area (Å²) >= 11 is 0. The molecule has 0 amide bonds. The Morgan fingerprint density at radius 3 is 0.714 bits per heavy atom. The van der Waals surface area contributed by atoms with E-state index in [0.717, 1.165) is 122 Å². The van der Waals surface area contributed by atoms with Crippen LogP contribution >= 0.6 is 0 Å². The second-order valence-electron chi connectivity index (χ2n) is 32.5. The van der Waals surface area contributed by atoms with Gasteiger partial charge in [0.05, 0.1) is 33.6 Å². The average molecular weight is 1460 g/mol. The third kappa shape index (κ3) is 12.6. The van der Waals surface area contributed by atoms with E-state index in [-0.39, 0.29) is 16.2 Å². The Morgan fingerprint density at radius 2 is 0.446 bits per heavy atom. The molecule has 0 N–H and O–H groups in total. The Morgan fingerprint density at radius 1 is 0.214 bits per heavy atom. The first-order chi connectivity index (χ1) is 55.2. The lowest BCUT2D eigenvalue weighted by Gasteiger charge is -2.33. The summed E-state index contributed by atoms with van der Waals surface area (Å²) in [5.41, 5.74) is 36.8. The molecule has 0 fully saturated rings. The fourth-order valence-corrected chi connectivity index (χ4v) is 20.2. The number of fused-ring (bicyclic) bond motifs is 12. The van der Waals surface area contributed by atoms with Crippen molar-refractivity contribution in [1.29, 1.82) is 0 Å². The Labute approximate surface area is 663 Å². The van der Waals surface area contributed by atoms with Gasteiger partial charge in [-0.25, -0.2) is 15.0 Å². The standard InChI is InChI=1S/C108H102N4/c1-7-13-61-106(62-14-8-2)94-37-25-19-31-82(94)85-58-49-76(67-97(85)106)91-70-103(109-100-40-28-22-34-88(91)100)73-43-52-79(53-44-73)112(80-54-45-74(46-55-80)104-71-92(89-35-23-29-41-101(89)110-104)77-50-59-86-83-32-20-26-38-95(83)107(63-15-9-3,64-16-10-4)98(86)68-77)81-56-47-75(48-57-81)105-72-93(90-36-24-30-42-102(90)111-105)78-51-60-87-84-33-21-27-39-96(84)108(65-17-11-5,66-18-12-6)99(87)69-78/h19-60,67-72H,7-18,61-66H2,1-6H3. The molecule has 3 aromatic heterocycles. The molecule has 0 spiro atoms. The topological polar surface area (TPSA) is 41.9 Å². The van der Waals surface area contributed by atoms with Crippen LogP contribution < -0.4 is 4.90 Å². The molecule has 4 heteroatoms. The molecule has 3 heterocycles. The van der Waals surface area contributed by atoms with Crippen LogP contribution in [-0.4, -0.2) is 15.0 Å². The first-order valence-electron chi connectivity index (χ1n) is 42.3. The predicted molar refractivity (Wildman–Crippen MR) is 475 cm³/mol. The zero-order valence-corrected chi connectivity index (χ0v) is 66.2. The van der Waals surface area contributed by atoms with Crippen molar-refractivity contribution < 1.29 is 0 Å².